The van der Waals surface area contributed by atoms with Gasteiger partial charge in [-0.25, -0.2) is 0 Å². The summed E-state index contributed by atoms with van der Waals surface area (Å²) in [6.07, 6.45) is -0.874. The topological polar surface area (TPSA) is 142 Å². The van der Waals surface area contributed by atoms with Crippen molar-refractivity contribution in [2.24, 2.45) is 0 Å². The van der Waals surface area contributed by atoms with Gasteiger partial charge in [0.2, 0.25) is 0 Å². The number of nitro benzene ring substituents is 1. The van der Waals surface area contributed by atoms with E-state index in [0.29, 0.717) is 22.5 Å². The van der Waals surface area contributed by atoms with Crippen LogP contribution in [0.15, 0.2) is 72.8 Å². The van der Waals surface area contributed by atoms with Crippen molar-refractivity contribution in [2.75, 3.05) is 16.8 Å². The SMILES string of the molecule is O=C(O)CNC(=O)c1ccc(N2C(=O)c3ccccc3NC2c2ccccc2[N+](=O)[O-])cc1. The van der Waals surface area contributed by atoms with Crippen molar-refractivity contribution in [3.05, 3.63) is 99.6 Å². The summed E-state index contributed by atoms with van der Waals surface area (Å²) in [6, 6.07) is 19.0. The molecule has 0 radical (unpaired) electrons. The van der Waals surface area contributed by atoms with Crippen LogP contribution in [0, 0.1) is 10.1 Å². The van der Waals surface area contributed by atoms with Crippen molar-refractivity contribution >= 4 is 34.8 Å². The van der Waals surface area contributed by atoms with Gasteiger partial charge in [-0.2, -0.15) is 0 Å². The number of carboxylic acid groups (broad SMARTS) is 1. The van der Waals surface area contributed by atoms with Crippen LogP contribution >= 0.6 is 0 Å². The zero-order valence-electron chi connectivity index (χ0n) is 17.1. The molecule has 1 atom stereocenters. The van der Waals surface area contributed by atoms with Gasteiger partial charge >= 0.3 is 5.97 Å². The molecule has 166 valence electrons. The van der Waals surface area contributed by atoms with E-state index in [4.69, 9.17) is 5.11 Å². The fourth-order valence-electron chi connectivity index (χ4n) is 3.65. The molecular weight excluding hydrogens is 428 g/mol. The lowest BCUT2D eigenvalue weighted by Gasteiger charge is -2.37. The van der Waals surface area contributed by atoms with E-state index < -0.39 is 29.5 Å². The normalized spacial score (nSPS) is 14.7. The molecule has 4 rings (SSSR count). The van der Waals surface area contributed by atoms with E-state index in [-0.39, 0.29) is 17.2 Å². The third kappa shape index (κ3) is 4.22. The number of rotatable bonds is 6. The molecule has 0 bridgehead atoms. The second-order valence-electron chi connectivity index (χ2n) is 7.21. The Morgan fingerprint density at radius 3 is 2.39 bits per heavy atom. The lowest BCUT2D eigenvalue weighted by atomic mass is 10.0. The summed E-state index contributed by atoms with van der Waals surface area (Å²) in [4.78, 5) is 48.8. The lowest BCUT2D eigenvalue weighted by Crippen LogP contribution is -2.43. The Labute approximate surface area is 187 Å². The number of carboxylic acids is 1. The maximum atomic E-state index is 13.4. The molecule has 2 amide bonds. The van der Waals surface area contributed by atoms with Crippen molar-refractivity contribution in [1.29, 1.82) is 0 Å². The predicted octanol–water partition coefficient (Wildman–Crippen LogP) is 3.18. The zero-order valence-corrected chi connectivity index (χ0v) is 17.1. The average Bonchev–Trinajstić information content (AvgIpc) is 2.82. The largest absolute Gasteiger partial charge is 0.480 e. The van der Waals surface area contributed by atoms with E-state index in [2.05, 4.69) is 10.6 Å². The third-order valence-corrected chi connectivity index (χ3v) is 5.16. The predicted molar refractivity (Wildman–Crippen MR) is 119 cm³/mol. The molecule has 0 aliphatic carbocycles. The Kier molecular flexibility index (Phi) is 5.73. The maximum absolute atomic E-state index is 13.4. The Hall–Kier alpha value is -4.73. The number of aliphatic carboxylic acids is 1. The fraction of sp³-hybridized carbons (Fsp3) is 0.0870. The molecule has 1 aliphatic rings. The second kappa shape index (κ2) is 8.79. The quantitative estimate of drug-likeness (QED) is 0.390. The van der Waals surface area contributed by atoms with Crippen LogP contribution in [0.1, 0.15) is 32.4 Å². The molecule has 3 N–H and O–H groups in total. The number of nitro groups is 1. The zero-order chi connectivity index (χ0) is 23.5. The van der Waals surface area contributed by atoms with Crippen molar-refractivity contribution < 1.29 is 24.4 Å². The molecule has 0 fully saturated rings. The van der Waals surface area contributed by atoms with Crippen molar-refractivity contribution in [2.45, 2.75) is 6.17 Å². The number of carbonyl (C=O) groups is 3. The third-order valence-electron chi connectivity index (χ3n) is 5.16. The number of benzene rings is 3. The summed E-state index contributed by atoms with van der Waals surface area (Å²) in [5, 5.41) is 25.9. The first-order valence-corrected chi connectivity index (χ1v) is 9.89. The molecule has 1 unspecified atom stereocenters. The van der Waals surface area contributed by atoms with Gasteiger partial charge in [0.05, 0.1) is 16.1 Å². The summed E-state index contributed by atoms with van der Waals surface area (Å²) in [5.41, 5.74) is 1.72. The van der Waals surface area contributed by atoms with Gasteiger partial charge in [-0.3, -0.25) is 29.4 Å². The second-order valence-corrected chi connectivity index (χ2v) is 7.21. The number of carbonyl (C=O) groups excluding carboxylic acids is 2. The Morgan fingerprint density at radius 2 is 1.70 bits per heavy atom. The van der Waals surface area contributed by atoms with Crippen molar-refractivity contribution in [3.63, 3.8) is 0 Å². The van der Waals surface area contributed by atoms with Gasteiger partial charge in [-0.05, 0) is 42.5 Å². The van der Waals surface area contributed by atoms with Crippen LogP contribution in [0.2, 0.25) is 0 Å². The monoisotopic (exact) mass is 446 g/mol. The number of nitrogens with zero attached hydrogens (tertiary/aromatic N) is 2. The summed E-state index contributed by atoms with van der Waals surface area (Å²) in [6.45, 7) is -0.522. The van der Waals surface area contributed by atoms with Crippen LogP contribution in [0.3, 0.4) is 0 Å². The van der Waals surface area contributed by atoms with E-state index >= 15 is 0 Å². The Bertz CT molecular complexity index is 1260. The van der Waals surface area contributed by atoms with Gasteiger partial charge < -0.3 is 15.7 Å². The number of fused-ring (bicyclic) bond motifs is 1. The van der Waals surface area contributed by atoms with Crippen LogP contribution in [-0.4, -0.2) is 34.4 Å². The van der Waals surface area contributed by atoms with Gasteiger partial charge in [-0.1, -0.05) is 24.3 Å². The summed E-state index contributed by atoms with van der Waals surface area (Å²) in [7, 11) is 0. The molecule has 33 heavy (non-hydrogen) atoms. The van der Waals surface area contributed by atoms with Gasteiger partial charge in [0, 0.05) is 23.0 Å². The van der Waals surface area contributed by atoms with E-state index in [1.54, 1.807) is 42.5 Å². The molecule has 3 aromatic rings. The van der Waals surface area contributed by atoms with E-state index in [0.717, 1.165) is 0 Å². The minimum atomic E-state index is -1.17. The molecule has 10 heteroatoms. The highest BCUT2D eigenvalue weighted by molar-refractivity contribution is 6.12. The smallest absolute Gasteiger partial charge is 0.322 e. The van der Waals surface area contributed by atoms with Crippen LogP contribution in [0.25, 0.3) is 0 Å². The molecule has 1 aliphatic heterocycles. The number of hydrogen-bond acceptors (Lipinski definition) is 6. The number of nitrogens with one attached hydrogen (secondary N) is 2. The highest BCUT2D eigenvalue weighted by atomic mass is 16.6. The minimum absolute atomic E-state index is 0.142. The number of anilines is 2. The maximum Gasteiger partial charge on any atom is 0.322 e. The number of amides is 2. The number of para-hydroxylation sites is 2. The number of hydrogen-bond donors (Lipinski definition) is 3. The first-order chi connectivity index (χ1) is 15.9. The highest BCUT2D eigenvalue weighted by Gasteiger charge is 2.37. The molecule has 3 aromatic carbocycles. The molecule has 0 saturated heterocycles. The molecular formula is C23H18N4O6. The van der Waals surface area contributed by atoms with E-state index in [1.165, 1.54) is 35.2 Å². The first kappa shape index (κ1) is 21.5. The standard InChI is InChI=1S/C23H18N4O6/c28-20(29)13-24-22(30)14-9-11-15(12-10-14)26-21(17-6-2-4-8-19(17)27(32)33)25-18-7-3-1-5-16(18)23(26)31/h1-12,21,25H,13H2,(H,24,30)(H,28,29). The first-order valence-electron chi connectivity index (χ1n) is 9.89. The van der Waals surface area contributed by atoms with Gasteiger partial charge in [-0.15, -0.1) is 0 Å². The van der Waals surface area contributed by atoms with Crippen LogP contribution in [0.5, 0.6) is 0 Å². The van der Waals surface area contributed by atoms with Crippen molar-refractivity contribution in [3.8, 4) is 0 Å². The average molecular weight is 446 g/mol. The van der Waals surface area contributed by atoms with E-state index in [1.807, 2.05) is 0 Å². The molecule has 0 saturated carbocycles. The van der Waals surface area contributed by atoms with Crippen molar-refractivity contribution in [1.82, 2.24) is 5.32 Å². The van der Waals surface area contributed by atoms with Crippen LogP contribution < -0.4 is 15.5 Å². The fourth-order valence-corrected chi connectivity index (χ4v) is 3.65. The summed E-state index contributed by atoms with van der Waals surface area (Å²) >= 11 is 0. The van der Waals surface area contributed by atoms with Crippen LogP contribution in [0.4, 0.5) is 17.1 Å². The Balaban J connectivity index is 1.76. The van der Waals surface area contributed by atoms with E-state index in [9.17, 15) is 24.5 Å². The summed E-state index contributed by atoms with van der Waals surface area (Å²) < 4.78 is 0. The highest BCUT2D eigenvalue weighted by Crippen LogP contribution is 2.39. The van der Waals surface area contributed by atoms with Gasteiger partial charge in [0.1, 0.15) is 12.7 Å². The lowest BCUT2D eigenvalue weighted by molar-refractivity contribution is -0.385. The minimum Gasteiger partial charge on any atom is -0.480 e. The molecule has 10 nitrogen and oxygen atoms in total. The molecule has 1 heterocycles. The molecule has 0 aromatic heterocycles. The van der Waals surface area contributed by atoms with Gasteiger partial charge in [0.25, 0.3) is 17.5 Å². The molecule has 0 spiro atoms. The Morgan fingerprint density at radius 1 is 1.03 bits per heavy atom. The van der Waals surface area contributed by atoms with Gasteiger partial charge in [0.15, 0.2) is 0 Å². The summed E-state index contributed by atoms with van der Waals surface area (Å²) in [5.74, 6) is -2.11. The van der Waals surface area contributed by atoms with Crippen LogP contribution in [-0.2, 0) is 4.79 Å².